The van der Waals surface area contributed by atoms with Crippen molar-refractivity contribution < 1.29 is 18.3 Å². The van der Waals surface area contributed by atoms with Crippen molar-refractivity contribution in [2.75, 3.05) is 12.8 Å². The van der Waals surface area contributed by atoms with E-state index in [1.54, 1.807) is 6.07 Å². The van der Waals surface area contributed by atoms with Crippen molar-refractivity contribution in [2.24, 2.45) is 0 Å². The predicted octanol–water partition coefficient (Wildman–Crippen LogP) is 1.19. The van der Waals surface area contributed by atoms with Crippen LogP contribution < -0.4 is 5.73 Å². The SMILES string of the molecule is COC(=O)Cc1cc(C#N)nc(N)c1C(F)F. The summed E-state index contributed by atoms with van der Waals surface area (Å²) in [6.07, 6.45) is -3.24. The quantitative estimate of drug-likeness (QED) is 0.803. The summed E-state index contributed by atoms with van der Waals surface area (Å²) in [6, 6.07) is 2.78. The van der Waals surface area contributed by atoms with E-state index >= 15 is 0 Å². The van der Waals surface area contributed by atoms with Crippen LogP contribution >= 0.6 is 0 Å². The molecule has 5 nitrogen and oxygen atoms in total. The number of hydrogen-bond donors (Lipinski definition) is 1. The van der Waals surface area contributed by atoms with Gasteiger partial charge in [-0.3, -0.25) is 4.79 Å². The summed E-state index contributed by atoms with van der Waals surface area (Å²) in [4.78, 5) is 14.5. The maximum absolute atomic E-state index is 12.7. The van der Waals surface area contributed by atoms with Crippen LogP contribution in [0.5, 0.6) is 0 Å². The number of nitriles is 1. The Hall–Kier alpha value is -2.23. The molecule has 0 aliphatic heterocycles. The van der Waals surface area contributed by atoms with Gasteiger partial charge < -0.3 is 10.5 Å². The average Bonchev–Trinajstić information content (AvgIpc) is 2.27. The van der Waals surface area contributed by atoms with Gasteiger partial charge in [-0.1, -0.05) is 0 Å². The first kappa shape index (κ1) is 12.8. The van der Waals surface area contributed by atoms with E-state index in [1.807, 2.05) is 0 Å². The van der Waals surface area contributed by atoms with E-state index in [9.17, 15) is 13.6 Å². The van der Waals surface area contributed by atoms with Crippen LogP contribution in [0, 0.1) is 11.3 Å². The van der Waals surface area contributed by atoms with E-state index in [4.69, 9.17) is 11.0 Å². The first-order valence-electron chi connectivity index (χ1n) is 4.54. The maximum Gasteiger partial charge on any atom is 0.309 e. The Bertz CT molecular complexity index is 483. The lowest BCUT2D eigenvalue weighted by molar-refractivity contribution is -0.139. The van der Waals surface area contributed by atoms with Gasteiger partial charge in [-0.2, -0.15) is 5.26 Å². The van der Waals surface area contributed by atoms with Crippen LogP contribution in [-0.2, 0) is 16.0 Å². The van der Waals surface area contributed by atoms with Crippen LogP contribution in [0.1, 0.15) is 23.2 Å². The molecule has 1 aromatic heterocycles. The maximum atomic E-state index is 12.7. The van der Waals surface area contributed by atoms with Crippen molar-refractivity contribution in [3.63, 3.8) is 0 Å². The Morgan fingerprint density at radius 2 is 2.35 bits per heavy atom. The van der Waals surface area contributed by atoms with Crippen LogP contribution in [0.25, 0.3) is 0 Å². The number of ether oxygens (including phenoxy) is 1. The largest absolute Gasteiger partial charge is 0.469 e. The summed E-state index contributed by atoms with van der Waals surface area (Å²) in [6.45, 7) is 0. The molecule has 0 aliphatic carbocycles. The number of methoxy groups -OCH3 is 1. The highest BCUT2D eigenvalue weighted by molar-refractivity contribution is 5.73. The van der Waals surface area contributed by atoms with Crippen LogP contribution in [0.15, 0.2) is 6.07 Å². The smallest absolute Gasteiger partial charge is 0.309 e. The fourth-order valence-electron chi connectivity index (χ4n) is 1.31. The first-order valence-corrected chi connectivity index (χ1v) is 4.54. The lowest BCUT2D eigenvalue weighted by Crippen LogP contribution is -2.11. The van der Waals surface area contributed by atoms with Gasteiger partial charge in [0.05, 0.1) is 19.1 Å². The van der Waals surface area contributed by atoms with E-state index in [0.29, 0.717) is 0 Å². The number of nitrogens with zero attached hydrogens (tertiary/aromatic N) is 2. The molecule has 0 aromatic carbocycles. The van der Waals surface area contributed by atoms with Gasteiger partial charge in [0, 0.05) is 0 Å². The third-order valence-corrected chi connectivity index (χ3v) is 2.07. The number of hydrogen-bond acceptors (Lipinski definition) is 5. The zero-order valence-corrected chi connectivity index (χ0v) is 8.91. The van der Waals surface area contributed by atoms with Crippen molar-refractivity contribution in [3.05, 3.63) is 22.9 Å². The van der Waals surface area contributed by atoms with Crippen molar-refractivity contribution in [1.29, 1.82) is 5.26 Å². The van der Waals surface area contributed by atoms with Crippen molar-refractivity contribution in [2.45, 2.75) is 12.8 Å². The summed E-state index contributed by atoms with van der Waals surface area (Å²) >= 11 is 0. The first-order chi connectivity index (χ1) is 7.99. The number of anilines is 1. The molecule has 17 heavy (non-hydrogen) atoms. The Balaban J connectivity index is 3.28. The van der Waals surface area contributed by atoms with Crippen LogP contribution in [0.4, 0.5) is 14.6 Å². The second kappa shape index (κ2) is 5.21. The molecule has 0 amide bonds. The van der Waals surface area contributed by atoms with Gasteiger partial charge in [0.2, 0.25) is 0 Å². The van der Waals surface area contributed by atoms with Crippen LogP contribution in [0.2, 0.25) is 0 Å². The monoisotopic (exact) mass is 241 g/mol. The molecule has 0 unspecified atom stereocenters. The van der Waals surface area contributed by atoms with E-state index < -0.39 is 23.8 Å². The van der Waals surface area contributed by atoms with Gasteiger partial charge in [0.25, 0.3) is 6.43 Å². The molecule has 1 rings (SSSR count). The molecule has 0 saturated heterocycles. The van der Waals surface area contributed by atoms with Gasteiger partial charge in [0.1, 0.15) is 17.6 Å². The minimum Gasteiger partial charge on any atom is -0.469 e. The topological polar surface area (TPSA) is 89.0 Å². The van der Waals surface area contributed by atoms with Gasteiger partial charge in [-0.05, 0) is 11.6 Å². The third kappa shape index (κ3) is 2.87. The number of nitrogens with two attached hydrogens (primary N) is 1. The summed E-state index contributed by atoms with van der Waals surface area (Å²) in [5, 5.41) is 8.64. The molecule has 7 heteroatoms. The zero-order chi connectivity index (χ0) is 13.0. The Labute approximate surface area is 95.8 Å². The van der Waals surface area contributed by atoms with Gasteiger partial charge in [0.15, 0.2) is 0 Å². The number of esters is 1. The minimum absolute atomic E-state index is 0.0455. The molecule has 0 saturated carbocycles. The minimum atomic E-state index is -2.87. The number of carbonyl (C=O) groups excluding carboxylic acids is 1. The predicted molar refractivity (Wildman–Crippen MR) is 54.0 cm³/mol. The standard InChI is InChI=1S/C10H9F2N3O2/c1-17-7(16)3-5-2-6(4-13)15-10(14)8(5)9(11)12/h2,9H,3H2,1H3,(H2,14,15). The molecule has 1 heterocycles. The molecular formula is C10H9F2N3O2. The number of nitrogen functional groups attached to an aromatic ring is 1. The molecule has 90 valence electrons. The molecule has 0 atom stereocenters. The van der Waals surface area contributed by atoms with E-state index in [1.165, 1.54) is 0 Å². The lowest BCUT2D eigenvalue weighted by Gasteiger charge is -2.10. The number of halogens is 2. The molecule has 0 spiro atoms. The van der Waals surface area contributed by atoms with Crippen molar-refractivity contribution in [1.82, 2.24) is 4.98 Å². The Morgan fingerprint density at radius 1 is 1.71 bits per heavy atom. The fourth-order valence-corrected chi connectivity index (χ4v) is 1.31. The molecule has 0 bridgehead atoms. The van der Waals surface area contributed by atoms with E-state index in [2.05, 4.69) is 9.72 Å². The Morgan fingerprint density at radius 3 is 2.82 bits per heavy atom. The fraction of sp³-hybridized carbons (Fsp3) is 0.300. The highest BCUT2D eigenvalue weighted by Gasteiger charge is 2.21. The van der Waals surface area contributed by atoms with E-state index in [0.717, 1.165) is 13.2 Å². The third-order valence-electron chi connectivity index (χ3n) is 2.07. The van der Waals surface area contributed by atoms with Gasteiger partial charge >= 0.3 is 5.97 Å². The Kier molecular flexibility index (Phi) is 3.93. The number of rotatable bonds is 3. The molecule has 0 radical (unpaired) electrons. The summed E-state index contributed by atoms with van der Waals surface area (Å²) < 4.78 is 29.8. The number of pyridine rings is 1. The zero-order valence-electron chi connectivity index (χ0n) is 8.91. The van der Waals surface area contributed by atoms with E-state index in [-0.39, 0.29) is 17.7 Å². The van der Waals surface area contributed by atoms with Crippen LogP contribution in [0.3, 0.4) is 0 Å². The normalized spacial score (nSPS) is 10.1. The molecule has 2 N–H and O–H groups in total. The second-order valence-corrected chi connectivity index (χ2v) is 3.13. The summed E-state index contributed by atoms with van der Waals surface area (Å²) in [5.41, 5.74) is 4.62. The van der Waals surface area contributed by atoms with Crippen molar-refractivity contribution in [3.8, 4) is 6.07 Å². The summed E-state index contributed by atoms with van der Waals surface area (Å²) in [5.74, 6) is -1.14. The van der Waals surface area contributed by atoms with Gasteiger partial charge in [-0.25, -0.2) is 13.8 Å². The second-order valence-electron chi connectivity index (χ2n) is 3.13. The number of alkyl halides is 2. The number of aromatic nitrogens is 1. The van der Waals surface area contributed by atoms with Gasteiger partial charge in [-0.15, -0.1) is 0 Å². The van der Waals surface area contributed by atoms with Crippen molar-refractivity contribution >= 4 is 11.8 Å². The lowest BCUT2D eigenvalue weighted by atomic mass is 10.1. The number of carbonyl (C=O) groups is 1. The molecule has 0 aliphatic rings. The molecular weight excluding hydrogens is 232 g/mol. The molecule has 1 aromatic rings. The molecule has 0 fully saturated rings. The highest BCUT2D eigenvalue weighted by atomic mass is 19.3. The average molecular weight is 241 g/mol. The summed E-state index contributed by atoms with van der Waals surface area (Å²) in [7, 11) is 1.14. The van der Waals surface area contributed by atoms with Crippen LogP contribution in [-0.4, -0.2) is 18.1 Å². The highest BCUT2D eigenvalue weighted by Crippen LogP contribution is 2.28.